The Morgan fingerprint density at radius 1 is 1.00 bits per heavy atom. The first-order valence-electron chi connectivity index (χ1n) is 8.92. The number of hydrogen-bond donors (Lipinski definition) is 2. The zero-order chi connectivity index (χ0) is 15.2. The highest BCUT2D eigenvalue weighted by Gasteiger charge is 2.21. The third kappa shape index (κ3) is 4.33. The first kappa shape index (κ1) is 15.5. The molecule has 0 aromatic heterocycles. The van der Waals surface area contributed by atoms with Gasteiger partial charge in [-0.3, -0.25) is 4.79 Å². The molecule has 3 nitrogen and oxygen atoms in total. The average Bonchev–Trinajstić information content (AvgIpc) is 2.58. The number of anilines is 1. The molecule has 0 atom stereocenters. The molecule has 3 heteroatoms. The average molecular weight is 300 g/mol. The van der Waals surface area contributed by atoms with Crippen LogP contribution in [0.2, 0.25) is 0 Å². The largest absolute Gasteiger partial charge is 0.326 e. The molecule has 0 radical (unpaired) electrons. The van der Waals surface area contributed by atoms with Crippen LogP contribution in [0, 0.1) is 11.8 Å². The lowest BCUT2D eigenvalue weighted by atomic mass is 9.88. The van der Waals surface area contributed by atoms with Gasteiger partial charge in [0.1, 0.15) is 0 Å². The predicted molar refractivity (Wildman–Crippen MR) is 90.9 cm³/mol. The summed E-state index contributed by atoms with van der Waals surface area (Å²) in [5.41, 5.74) is 2.34. The molecule has 1 aromatic rings. The highest BCUT2D eigenvalue weighted by atomic mass is 16.1. The number of benzene rings is 1. The van der Waals surface area contributed by atoms with Gasteiger partial charge in [-0.2, -0.15) is 0 Å². The van der Waals surface area contributed by atoms with Crippen molar-refractivity contribution in [3.05, 3.63) is 29.8 Å². The third-order valence-electron chi connectivity index (χ3n) is 5.18. The van der Waals surface area contributed by atoms with E-state index in [-0.39, 0.29) is 11.8 Å². The zero-order valence-corrected chi connectivity index (χ0v) is 13.4. The van der Waals surface area contributed by atoms with E-state index in [1.165, 1.54) is 44.1 Å². The molecule has 3 rings (SSSR count). The molecule has 120 valence electrons. The molecule has 0 spiro atoms. The molecule has 1 aliphatic heterocycles. The van der Waals surface area contributed by atoms with Crippen LogP contribution in [0.4, 0.5) is 5.69 Å². The SMILES string of the molecule is O=C(Nc1ccc(CC2CCNCC2)cc1)C1CCCCC1. The highest BCUT2D eigenvalue weighted by Crippen LogP contribution is 2.25. The lowest BCUT2D eigenvalue weighted by Gasteiger charge is -2.23. The smallest absolute Gasteiger partial charge is 0.227 e. The molecular formula is C19H28N2O. The van der Waals surface area contributed by atoms with Crippen molar-refractivity contribution < 1.29 is 4.79 Å². The Balaban J connectivity index is 1.51. The first-order chi connectivity index (χ1) is 10.8. The Kier molecular flexibility index (Phi) is 5.49. The van der Waals surface area contributed by atoms with E-state index in [1.54, 1.807) is 0 Å². The summed E-state index contributed by atoms with van der Waals surface area (Å²) in [5.74, 6) is 1.25. The van der Waals surface area contributed by atoms with Crippen LogP contribution >= 0.6 is 0 Å². The first-order valence-corrected chi connectivity index (χ1v) is 8.92. The summed E-state index contributed by atoms with van der Waals surface area (Å²) in [6.07, 6.45) is 9.52. The monoisotopic (exact) mass is 300 g/mol. The molecule has 1 amide bonds. The fourth-order valence-corrected chi connectivity index (χ4v) is 3.75. The van der Waals surface area contributed by atoms with Crippen LogP contribution in [0.5, 0.6) is 0 Å². The second kappa shape index (κ2) is 7.77. The van der Waals surface area contributed by atoms with E-state index >= 15 is 0 Å². The summed E-state index contributed by atoms with van der Waals surface area (Å²) in [4.78, 5) is 12.3. The molecule has 22 heavy (non-hydrogen) atoms. The van der Waals surface area contributed by atoms with Crippen molar-refractivity contribution in [3.8, 4) is 0 Å². The lowest BCUT2D eigenvalue weighted by Crippen LogP contribution is -2.28. The molecule has 1 saturated heterocycles. The van der Waals surface area contributed by atoms with Crippen molar-refractivity contribution in [1.29, 1.82) is 0 Å². The van der Waals surface area contributed by atoms with Crippen LogP contribution in [0.3, 0.4) is 0 Å². The number of piperidine rings is 1. The van der Waals surface area contributed by atoms with Crippen molar-refractivity contribution in [2.24, 2.45) is 11.8 Å². The number of hydrogen-bond acceptors (Lipinski definition) is 2. The Morgan fingerprint density at radius 2 is 1.68 bits per heavy atom. The minimum absolute atomic E-state index is 0.214. The summed E-state index contributed by atoms with van der Waals surface area (Å²) in [5, 5.41) is 6.51. The molecule has 1 heterocycles. The maximum absolute atomic E-state index is 12.3. The molecule has 2 N–H and O–H groups in total. The van der Waals surface area contributed by atoms with Crippen molar-refractivity contribution in [3.63, 3.8) is 0 Å². The minimum Gasteiger partial charge on any atom is -0.326 e. The Morgan fingerprint density at radius 3 is 2.36 bits per heavy atom. The number of nitrogens with one attached hydrogen (secondary N) is 2. The van der Waals surface area contributed by atoms with Gasteiger partial charge in [0, 0.05) is 11.6 Å². The van der Waals surface area contributed by atoms with E-state index in [0.29, 0.717) is 0 Å². The number of amides is 1. The third-order valence-corrected chi connectivity index (χ3v) is 5.18. The van der Waals surface area contributed by atoms with Gasteiger partial charge in [0.15, 0.2) is 0 Å². The zero-order valence-electron chi connectivity index (χ0n) is 13.4. The van der Waals surface area contributed by atoms with Gasteiger partial charge in [-0.25, -0.2) is 0 Å². The van der Waals surface area contributed by atoms with Gasteiger partial charge in [-0.05, 0) is 68.8 Å². The van der Waals surface area contributed by atoms with Gasteiger partial charge >= 0.3 is 0 Å². The van der Waals surface area contributed by atoms with Crippen LogP contribution in [-0.2, 0) is 11.2 Å². The van der Waals surface area contributed by atoms with Crippen LogP contribution < -0.4 is 10.6 Å². The Labute approximate surface area is 133 Å². The highest BCUT2D eigenvalue weighted by molar-refractivity contribution is 5.92. The Bertz CT molecular complexity index is 471. The molecule has 2 fully saturated rings. The molecule has 0 unspecified atom stereocenters. The van der Waals surface area contributed by atoms with Crippen molar-refractivity contribution in [1.82, 2.24) is 5.32 Å². The van der Waals surface area contributed by atoms with E-state index in [4.69, 9.17) is 0 Å². The summed E-state index contributed by atoms with van der Waals surface area (Å²) in [6, 6.07) is 8.49. The topological polar surface area (TPSA) is 41.1 Å². The van der Waals surface area contributed by atoms with Crippen LogP contribution in [0.25, 0.3) is 0 Å². The minimum atomic E-state index is 0.214. The molecule has 1 aliphatic carbocycles. The van der Waals surface area contributed by atoms with E-state index < -0.39 is 0 Å². The van der Waals surface area contributed by atoms with E-state index in [1.807, 2.05) is 0 Å². The maximum Gasteiger partial charge on any atom is 0.227 e. The van der Waals surface area contributed by atoms with Gasteiger partial charge in [-0.1, -0.05) is 31.4 Å². The van der Waals surface area contributed by atoms with Crippen LogP contribution in [0.15, 0.2) is 24.3 Å². The van der Waals surface area contributed by atoms with Gasteiger partial charge < -0.3 is 10.6 Å². The van der Waals surface area contributed by atoms with Gasteiger partial charge in [0.2, 0.25) is 5.91 Å². The predicted octanol–water partition coefficient (Wildman–Crippen LogP) is 3.75. The summed E-state index contributed by atoms with van der Waals surface area (Å²) in [6.45, 7) is 2.31. The number of carbonyl (C=O) groups is 1. The molecule has 0 bridgehead atoms. The molecular weight excluding hydrogens is 272 g/mol. The number of carbonyl (C=O) groups excluding carboxylic acids is 1. The summed E-state index contributed by atoms with van der Waals surface area (Å²) < 4.78 is 0. The van der Waals surface area contributed by atoms with E-state index in [9.17, 15) is 4.79 Å². The van der Waals surface area contributed by atoms with Crippen molar-refractivity contribution in [2.75, 3.05) is 18.4 Å². The van der Waals surface area contributed by atoms with Gasteiger partial charge in [-0.15, -0.1) is 0 Å². The van der Waals surface area contributed by atoms with Crippen LogP contribution in [0.1, 0.15) is 50.5 Å². The summed E-state index contributed by atoms with van der Waals surface area (Å²) >= 11 is 0. The van der Waals surface area contributed by atoms with Crippen molar-refractivity contribution >= 4 is 11.6 Å². The van der Waals surface area contributed by atoms with Crippen molar-refractivity contribution in [2.45, 2.75) is 51.4 Å². The summed E-state index contributed by atoms with van der Waals surface area (Å²) in [7, 11) is 0. The van der Waals surface area contributed by atoms with Gasteiger partial charge in [0.25, 0.3) is 0 Å². The Hall–Kier alpha value is -1.35. The fraction of sp³-hybridized carbons (Fsp3) is 0.632. The quantitative estimate of drug-likeness (QED) is 0.889. The molecule has 1 saturated carbocycles. The lowest BCUT2D eigenvalue weighted by molar-refractivity contribution is -0.120. The van der Waals surface area contributed by atoms with E-state index in [0.717, 1.165) is 37.5 Å². The van der Waals surface area contributed by atoms with Gasteiger partial charge in [0.05, 0.1) is 0 Å². The molecule has 1 aromatic carbocycles. The number of rotatable bonds is 4. The second-order valence-corrected chi connectivity index (χ2v) is 6.92. The maximum atomic E-state index is 12.3. The molecule has 2 aliphatic rings. The normalized spacial score (nSPS) is 20.7. The second-order valence-electron chi connectivity index (χ2n) is 6.92. The van der Waals surface area contributed by atoms with Crippen LogP contribution in [-0.4, -0.2) is 19.0 Å². The fourth-order valence-electron chi connectivity index (χ4n) is 3.75. The standard InChI is InChI=1S/C19H28N2O/c22-19(17-4-2-1-3-5-17)21-18-8-6-15(7-9-18)14-16-10-12-20-13-11-16/h6-9,16-17,20H,1-5,10-14H2,(H,21,22). The van der Waals surface area contributed by atoms with E-state index in [2.05, 4.69) is 34.9 Å².